The van der Waals surface area contributed by atoms with Gasteiger partial charge >= 0.3 is 0 Å². The maximum Gasteiger partial charge on any atom is 0.0434 e. The van der Waals surface area contributed by atoms with E-state index in [1.54, 1.807) is 11.3 Å². The third-order valence-corrected chi connectivity index (χ3v) is 4.69. The van der Waals surface area contributed by atoms with Crippen LogP contribution in [-0.4, -0.2) is 13.1 Å². The van der Waals surface area contributed by atoms with Crippen LogP contribution in [0.25, 0.3) is 0 Å². The molecule has 1 heterocycles. The van der Waals surface area contributed by atoms with E-state index in [2.05, 4.69) is 69.8 Å². The molecule has 0 saturated carbocycles. The van der Waals surface area contributed by atoms with E-state index < -0.39 is 0 Å². The summed E-state index contributed by atoms with van der Waals surface area (Å²) in [5, 5.41) is 4.32. The van der Waals surface area contributed by atoms with Crippen molar-refractivity contribution in [1.29, 1.82) is 0 Å². The first-order chi connectivity index (χ1) is 9.60. The quantitative estimate of drug-likeness (QED) is 0.833. The number of halogens is 1. The molecule has 20 heavy (non-hydrogen) atoms. The zero-order valence-corrected chi connectivity index (χ0v) is 14.4. The highest BCUT2D eigenvalue weighted by atomic mass is 79.9. The number of hydrogen-bond donors (Lipinski definition) is 1. The molecule has 1 aromatic carbocycles. The van der Waals surface area contributed by atoms with Crippen LogP contribution in [0.5, 0.6) is 0 Å². The minimum Gasteiger partial charge on any atom is -0.370 e. The molecular weight excluding hydrogens is 332 g/mol. The van der Waals surface area contributed by atoms with Crippen LogP contribution in [0.4, 0.5) is 5.69 Å². The predicted molar refractivity (Wildman–Crippen MR) is 92.5 cm³/mol. The lowest BCUT2D eigenvalue weighted by Crippen LogP contribution is -2.24. The van der Waals surface area contributed by atoms with Gasteiger partial charge in [0.05, 0.1) is 0 Å². The Labute approximate surface area is 133 Å². The van der Waals surface area contributed by atoms with Crippen LogP contribution >= 0.6 is 27.3 Å². The maximum atomic E-state index is 6.12. The first kappa shape index (κ1) is 15.5. The summed E-state index contributed by atoms with van der Waals surface area (Å²) in [6.45, 7) is 3.06. The second kappa shape index (κ2) is 7.25. The largest absolute Gasteiger partial charge is 0.370 e. The van der Waals surface area contributed by atoms with Gasteiger partial charge in [-0.1, -0.05) is 28.9 Å². The monoisotopic (exact) mass is 352 g/mol. The van der Waals surface area contributed by atoms with Crippen LogP contribution in [-0.2, 0) is 13.0 Å². The van der Waals surface area contributed by atoms with Crippen LogP contribution in [0.1, 0.15) is 24.5 Å². The molecule has 2 aromatic rings. The Morgan fingerprint density at radius 3 is 2.80 bits per heavy atom. The SMILES string of the molecule is CCC(N)Cc1ccc(Br)cc1N(C)Cc1ccsc1. The minimum atomic E-state index is 0.226. The highest BCUT2D eigenvalue weighted by molar-refractivity contribution is 9.10. The summed E-state index contributed by atoms with van der Waals surface area (Å²) in [6.07, 6.45) is 1.93. The Morgan fingerprint density at radius 2 is 2.15 bits per heavy atom. The van der Waals surface area contributed by atoms with Crippen molar-refractivity contribution in [3.8, 4) is 0 Å². The van der Waals surface area contributed by atoms with Gasteiger partial charge in [0.25, 0.3) is 0 Å². The van der Waals surface area contributed by atoms with E-state index in [1.165, 1.54) is 16.8 Å². The van der Waals surface area contributed by atoms with Gasteiger partial charge in [-0.3, -0.25) is 0 Å². The molecule has 108 valence electrons. The third kappa shape index (κ3) is 4.08. The standard InChI is InChI=1S/C16H21BrN2S/c1-3-15(18)8-13-4-5-14(17)9-16(13)19(2)10-12-6-7-20-11-12/h4-7,9,11,15H,3,8,10,18H2,1-2H3. The lowest BCUT2D eigenvalue weighted by atomic mass is 10.0. The Kier molecular flexibility index (Phi) is 5.64. The molecule has 1 aromatic heterocycles. The van der Waals surface area contributed by atoms with E-state index in [9.17, 15) is 0 Å². The molecule has 0 aliphatic carbocycles. The highest BCUT2D eigenvalue weighted by Crippen LogP contribution is 2.27. The molecule has 1 atom stereocenters. The fourth-order valence-electron chi connectivity index (χ4n) is 2.23. The van der Waals surface area contributed by atoms with Crippen LogP contribution in [0.2, 0.25) is 0 Å². The van der Waals surface area contributed by atoms with Gasteiger partial charge in [-0.15, -0.1) is 0 Å². The first-order valence-corrected chi connectivity index (χ1v) is 8.60. The van der Waals surface area contributed by atoms with Gasteiger partial charge in [-0.2, -0.15) is 11.3 Å². The molecule has 0 amide bonds. The van der Waals surface area contributed by atoms with Crippen molar-refractivity contribution in [3.63, 3.8) is 0 Å². The zero-order valence-electron chi connectivity index (χ0n) is 12.0. The second-order valence-corrected chi connectivity index (χ2v) is 6.83. The van der Waals surface area contributed by atoms with E-state index >= 15 is 0 Å². The minimum absolute atomic E-state index is 0.226. The molecule has 0 fully saturated rings. The van der Waals surface area contributed by atoms with Crippen molar-refractivity contribution in [2.24, 2.45) is 5.73 Å². The van der Waals surface area contributed by atoms with Gasteiger partial charge in [0, 0.05) is 29.8 Å². The lowest BCUT2D eigenvalue weighted by Gasteiger charge is -2.23. The van der Waals surface area contributed by atoms with Crippen molar-refractivity contribution < 1.29 is 0 Å². The normalized spacial score (nSPS) is 12.4. The molecule has 0 spiro atoms. The van der Waals surface area contributed by atoms with Gasteiger partial charge in [0.15, 0.2) is 0 Å². The maximum absolute atomic E-state index is 6.12. The summed E-state index contributed by atoms with van der Waals surface area (Å²) in [5.74, 6) is 0. The van der Waals surface area contributed by atoms with Crippen molar-refractivity contribution in [2.75, 3.05) is 11.9 Å². The summed E-state index contributed by atoms with van der Waals surface area (Å²) in [6, 6.07) is 8.86. The van der Waals surface area contributed by atoms with Crippen LogP contribution in [0.15, 0.2) is 39.5 Å². The number of hydrogen-bond acceptors (Lipinski definition) is 3. The predicted octanol–water partition coefficient (Wildman–Crippen LogP) is 4.43. The molecule has 1 unspecified atom stereocenters. The van der Waals surface area contributed by atoms with Crippen LogP contribution in [0.3, 0.4) is 0 Å². The zero-order chi connectivity index (χ0) is 14.5. The van der Waals surface area contributed by atoms with Crippen LogP contribution in [0, 0.1) is 0 Å². The summed E-state index contributed by atoms with van der Waals surface area (Å²) >= 11 is 5.31. The Hall–Kier alpha value is -0.840. The third-order valence-electron chi connectivity index (χ3n) is 3.46. The van der Waals surface area contributed by atoms with E-state index in [1.807, 2.05) is 0 Å². The topological polar surface area (TPSA) is 29.3 Å². The second-order valence-electron chi connectivity index (χ2n) is 5.13. The molecular formula is C16H21BrN2S. The van der Waals surface area contributed by atoms with Crippen molar-refractivity contribution in [3.05, 3.63) is 50.6 Å². The number of thiophene rings is 1. The molecule has 0 aliphatic heterocycles. The molecule has 0 bridgehead atoms. The van der Waals surface area contributed by atoms with E-state index in [-0.39, 0.29) is 6.04 Å². The summed E-state index contributed by atoms with van der Waals surface area (Å²) in [7, 11) is 2.14. The van der Waals surface area contributed by atoms with Crippen molar-refractivity contribution in [1.82, 2.24) is 0 Å². The van der Waals surface area contributed by atoms with E-state index in [0.717, 1.165) is 23.9 Å². The summed E-state index contributed by atoms with van der Waals surface area (Å²) in [5.41, 5.74) is 10.0. The lowest BCUT2D eigenvalue weighted by molar-refractivity contribution is 0.645. The van der Waals surface area contributed by atoms with Gasteiger partial charge in [-0.05, 0) is 52.9 Å². The molecule has 2 N–H and O–H groups in total. The molecule has 4 heteroatoms. The summed E-state index contributed by atoms with van der Waals surface area (Å²) in [4.78, 5) is 2.30. The van der Waals surface area contributed by atoms with Crippen molar-refractivity contribution >= 4 is 33.0 Å². The molecule has 0 saturated heterocycles. The number of benzene rings is 1. The molecule has 0 radical (unpaired) electrons. The Bertz CT molecular complexity index is 539. The molecule has 2 rings (SSSR count). The van der Waals surface area contributed by atoms with Crippen molar-refractivity contribution in [2.45, 2.75) is 32.4 Å². The summed E-state index contributed by atoms with van der Waals surface area (Å²) < 4.78 is 1.11. The smallest absolute Gasteiger partial charge is 0.0434 e. The fourth-order valence-corrected chi connectivity index (χ4v) is 3.24. The highest BCUT2D eigenvalue weighted by Gasteiger charge is 2.11. The van der Waals surface area contributed by atoms with Gasteiger partial charge < -0.3 is 10.6 Å². The van der Waals surface area contributed by atoms with Gasteiger partial charge in [0.2, 0.25) is 0 Å². The average Bonchev–Trinajstić information content (AvgIpc) is 2.93. The Balaban J connectivity index is 2.21. The first-order valence-electron chi connectivity index (χ1n) is 6.86. The number of rotatable bonds is 6. The number of nitrogens with two attached hydrogens (primary N) is 1. The fraction of sp³-hybridized carbons (Fsp3) is 0.375. The number of nitrogens with zero attached hydrogens (tertiary/aromatic N) is 1. The van der Waals surface area contributed by atoms with E-state index in [0.29, 0.717) is 0 Å². The Morgan fingerprint density at radius 1 is 1.35 bits per heavy atom. The average molecular weight is 353 g/mol. The molecule has 2 nitrogen and oxygen atoms in total. The van der Waals surface area contributed by atoms with E-state index in [4.69, 9.17) is 5.73 Å². The van der Waals surface area contributed by atoms with Crippen LogP contribution < -0.4 is 10.6 Å². The van der Waals surface area contributed by atoms with Gasteiger partial charge in [0.1, 0.15) is 0 Å². The number of anilines is 1. The molecule has 0 aliphatic rings. The van der Waals surface area contributed by atoms with Gasteiger partial charge in [-0.25, -0.2) is 0 Å².